The second kappa shape index (κ2) is 9.85. The third kappa shape index (κ3) is 5.76. The van der Waals surface area contributed by atoms with Gasteiger partial charge in [-0.2, -0.15) is 0 Å². The van der Waals surface area contributed by atoms with Gasteiger partial charge in [-0.25, -0.2) is 0 Å². The predicted molar refractivity (Wildman–Crippen MR) is 97.3 cm³/mol. The smallest absolute Gasteiger partial charge is 0.234 e. The summed E-state index contributed by atoms with van der Waals surface area (Å²) < 4.78 is 5.48. The van der Waals surface area contributed by atoms with Gasteiger partial charge in [0.05, 0.1) is 25.8 Å². The number of rotatable bonds is 6. The number of nitrogens with one attached hydrogen (secondary N) is 1. The lowest BCUT2D eigenvalue weighted by molar-refractivity contribution is -0.122. The van der Waals surface area contributed by atoms with Gasteiger partial charge in [-0.15, -0.1) is 0 Å². The van der Waals surface area contributed by atoms with E-state index < -0.39 is 0 Å². The highest BCUT2D eigenvalue weighted by atomic mass is 16.5. The van der Waals surface area contributed by atoms with Gasteiger partial charge in [0, 0.05) is 32.0 Å². The van der Waals surface area contributed by atoms with E-state index in [1.165, 1.54) is 31.2 Å². The van der Waals surface area contributed by atoms with Crippen molar-refractivity contribution in [2.45, 2.75) is 31.7 Å². The highest BCUT2D eigenvalue weighted by Crippen LogP contribution is 2.20. The third-order valence-electron chi connectivity index (χ3n) is 5.14. The maximum absolute atomic E-state index is 12.4. The molecule has 2 aliphatic heterocycles. The first-order chi connectivity index (χ1) is 12.3. The molecule has 1 N–H and O–H groups in total. The lowest BCUT2D eigenvalue weighted by atomic mass is 10.1. The van der Waals surface area contributed by atoms with Crippen LogP contribution in [0.2, 0.25) is 0 Å². The zero-order chi connectivity index (χ0) is 17.3. The molecule has 0 aliphatic carbocycles. The molecule has 2 fully saturated rings. The molecule has 0 saturated carbocycles. The molecule has 6 nitrogen and oxygen atoms in total. The molecule has 0 radical (unpaired) electrons. The molecular formula is C19H30N4O2. The van der Waals surface area contributed by atoms with Crippen LogP contribution < -0.4 is 5.32 Å². The van der Waals surface area contributed by atoms with Gasteiger partial charge in [0.1, 0.15) is 0 Å². The minimum atomic E-state index is 0.134. The van der Waals surface area contributed by atoms with Gasteiger partial charge >= 0.3 is 0 Å². The first-order valence-corrected chi connectivity index (χ1v) is 9.54. The molecule has 3 heterocycles. The van der Waals surface area contributed by atoms with Crippen molar-refractivity contribution < 1.29 is 9.53 Å². The van der Waals surface area contributed by atoms with Crippen LogP contribution in [0.5, 0.6) is 0 Å². The minimum absolute atomic E-state index is 0.134. The Bertz CT molecular complexity index is 511. The maximum atomic E-state index is 12.4. The number of carbonyl (C=O) groups is 1. The summed E-state index contributed by atoms with van der Waals surface area (Å²) in [5.74, 6) is 0.134. The molecule has 6 heteroatoms. The van der Waals surface area contributed by atoms with Gasteiger partial charge < -0.3 is 10.1 Å². The van der Waals surface area contributed by atoms with Gasteiger partial charge in [-0.1, -0.05) is 12.8 Å². The first kappa shape index (κ1) is 18.3. The first-order valence-electron chi connectivity index (χ1n) is 9.54. The second-order valence-corrected chi connectivity index (χ2v) is 6.94. The summed E-state index contributed by atoms with van der Waals surface area (Å²) in [6.45, 7) is 6.55. The summed E-state index contributed by atoms with van der Waals surface area (Å²) in [6, 6.07) is 4.27. The van der Waals surface area contributed by atoms with E-state index in [0.29, 0.717) is 13.1 Å². The van der Waals surface area contributed by atoms with Crippen molar-refractivity contribution in [3.63, 3.8) is 0 Å². The Labute approximate surface area is 150 Å². The van der Waals surface area contributed by atoms with Crippen molar-refractivity contribution >= 4 is 5.91 Å². The fraction of sp³-hybridized carbons (Fsp3) is 0.684. The van der Waals surface area contributed by atoms with E-state index in [1.807, 2.05) is 24.5 Å². The number of likely N-dealkylation sites (tertiary alicyclic amines) is 1. The Hall–Kier alpha value is -1.50. The minimum Gasteiger partial charge on any atom is -0.379 e. The number of hydrogen-bond donors (Lipinski definition) is 1. The number of morpholine rings is 1. The monoisotopic (exact) mass is 346 g/mol. The van der Waals surface area contributed by atoms with E-state index in [4.69, 9.17) is 4.74 Å². The summed E-state index contributed by atoms with van der Waals surface area (Å²) in [5, 5.41) is 3.16. The van der Waals surface area contributed by atoms with Crippen molar-refractivity contribution in [1.82, 2.24) is 20.1 Å². The lowest BCUT2D eigenvalue weighted by Gasteiger charge is -2.35. The number of ether oxygens (including phenoxy) is 1. The number of hydrogen-bond acceptors (Lipinski definition) is 5. The van der Waals surface area contributed by atoms with Crippen molar-refractivity contribution in [3.05, 3.63) is 30.1 Å². The Morgan fingerprint density at radius 2 is 1.76 bits per heavy atom. The molecule has 0 aromatic carbocycles. The number of nitrogens with zero attached hydrogens (tertiary/aromatic N) is 3. The van der Waals surface area contributed by atoms with Crippen LogP contribution in [-0.4, -0.2) is 73.2 Å². The van der Waals surface area contributed by atoms with Crippen LogP contribution in [0.1, 0.15) is 37.3 Å². The largest absolute Gasteiger partial charge is 0.379 e. The Morgan fingerprint density at radius 3 is 2.44 bits per heavy atom. The number of carbonyl (C=O) groups excluding carboxylic acids is 1. The van der Waals surface area contributed by atoms with Crippen LogP contribution in [0.3, 0.4) is 0 Å². The molecule has 25 heavy (non-hydrogen) atoms. The molecular weight excluding hydrogens is 316 g/mol. The molecule has 3 rings (SSSR count). The average Bonchev–Trinajstić information content (AvgIpc) is 2.92. The van der Waals surface area contributed by atoms with Crippen LogP contribution in [0.4, 0.5) is 0 Å². The summed E-state index contributed by atoms with van der Waals surface area (Å²) in [6.07, 6.45) is 8.64. The van der Waals surface area contributed by atoms with Gasteiger partial charge in [0.25, 0.3) is 0 Å². The van der Waals surface area contributed by atoms with Gasteiger partial charge in [0.2, 0.25) is 5.91 Å². The predicted octanol–water partition coefficient (Wildman–Crippen LogP) is 1.45. The highest BCUT2D eigenvalue weighted by molar-refractivity contribution is 5.78. The quantitative estimate of drug-likeness (QED) is 0.845. The fourth-order valence-electron chi connectivity index (χ4n) is 3.70. The molecule has 1 amide bonds. The molecule has 2 aliphatic rings. The lowest BCUT2D eigenvalue weighted by Crippen LogP contribution is -2.45. The van der Waals surface area contributed by atoms with Crippen molar-refractivity contribution in [2.24, 2.45) is 0 Å². The average molecular weight is 346 g/mol. The van der Waals surface area contributed by atoms with E-state index in [-0.39, 0.29) is 11.9 Å². The SMILES string of the molecule is O=C(CN1CCCCCC1)NCC(c1ccncc1)N1CCOCC1. The molecule has 0 spiro atoms. The van der Waals surface area contributed by atoms with E-state index in [2.05, 4.69) is 20.1 Å². The topological polar surface area (TPSA) is 57.7 Å². The molecule has 1 aromatic rings. The molecule has 1 atom stereocenters. The molecule has 2 saturated heterocycles. The number of amides is 1. The fourth-order valence-corrected chi connectivity index (χ4v) is 3.70. The van der Waals surface area contributed by atoms with Crippen LogP contribution in [0, 0.1) is 0 Å². The van der Waals surface area contributed by atoms with Gasteiger partial charge in [0.15, 0.2) is 0 Å². The van der Waals surface area contributed by atoms with Crippen molar-refractivity contribution in [2.75, 3.05) is 52.5 Å². The van der Waals surface area contributed by atoms with E-state index in [0.717, 1.165) is 39.4 Å². The second-order valence-electron chi connectivity index (χ2n) is 6.94. The van der Waals surface area contributed by atoms with Crippen LogP contribution in [0.25, 0.3) is 0 Å². The van der Waals surface area contributed by atoms with Crippen LogP contribution in [0.15, 0.2) is 24.5 Å². The zero-order valence-electron chi connectivity index (χ0n) is 15.0. The molecule has 138 valence electrons. The maximum Gasteiger partial charge on any atom is 0.234 e. The van der Waals surface area contributed by atoms with E-state index in [1.54, 1.807) is 0 Å². The normalized spacial score (nSPS) is 21.4. The van der Waals surface area contributed by atoms with Crippen LogP contribution in [-0.2, 0) is 9.53 Å². The summed E-state index contributed by atoms with van der Waals surface area (Å²) in [4.78, 5) is 21.2. The Kier molecular flexibility index (Phi) is 7.21. The molecule has 0 bridgehead atoms. The zero-order valence-corrected chi connectivity index (χ0v) is 15.0. The summed E-state index contributed by atoms with van der Waals surface area (Å²) in [5.41, 5.74) is 1.20. The number of aromatic nitrogens is 1. The van der Waals surface area contributed by atoms with Gasteiger partial charge in [-0.3, -0.25) is 19.6 Å². The van der Waals surface area contributed by atoms with Crippen LogP contribution >= 0.6 is 0 Å². The molecule has 1 aromatic heterocycles. The summed E-state index contributed by atoms with van der Waals surface area (Å²) >= 11 is 0. The summed E-state index contributed by atoms with van der Waals surface area (Å²) in [7, 11) is 0. The van der Waals surface area contributed by atoms with E-state index in [9.17, 15) is 4.79 Å². The van der Waals surface area contributed by atoms with Crippen molar-refractivity contribution in [1.29, 1.82) is 0 Å². The molecule has 1 unspecified atom stereocenters. The van der Waals surface area contributed by atoms with E-state index >= 15 is 0 Å². The van der Waals surface area contributed by atoms with Crippen molar-refractivity contribution in [3.8, 4) is 0 Å². The highest BCUT2D eigenvalue weighted by Gasteiger charge is 2.23. The standard InChI is InChI=1S/C19H30N4O2/c24-19(16-22-9-3-1-2-4-10-22)21-15-18(17-5-7-20-8-6-17)23-11-13-25-14-12-23/h5-8,18H,1-4,9-16H2,(H,21,24). The van der Waals surface area contributed by atoms with Gasteiger partial charge in [-0.05, 0) is 43.6 Å². The number of pyridine rings is 1. The third-order valence-corrected chi connectivity index (χ3v) is 5.14. The Morgan fingerprint density at radius 1 is 1.08 bits per heavy atom. The Balaban J connectivity index is 1.55.